The maximum absolute atomic E-state index is 13.1. The van der Waals surface area contributed by atoms with Gasteiger partial charge in [-0.15, -0.1) is 0 Å². The number of aryl methyl sites for hydroxylation is 2. The number of hydrogen-bond donors (Lipinski definition) is 0. The van der Waals surface area contributed by atoms with Gasteiger partial charge in [-0.3, -0.25) is 0 Å². The van der Waals surface area contributed by atoms with Crippen molar-refractivity contribution in [2.24, 2.45) is 0 Å². The Morgan fingerprint density at radius 1 is 0.929 bits per heavy atom. The number of carbonyl (C=O) groups excluding carboxylic acids is 1. The first-order valence-electron chi connectivity index (χ1n) is 9.74. The minimum atomic E-state index is -0.254. The third-order valence-electron chi connectivity index (χ3n) is 5.53. The minimum absolute atomic E-state index is 0.254. The fourth-order valence-corrected chi connectivity index (χ4v) is 4.31. The van der Waals surface area contributed by atoms with Crippen LogP contribution in [0, 0.1) is 0 Å². The molecule has 3 nitrogen and oxygen atoms in total. The topological polar surface area (TPSA) is 31.2 Å². The van der Waals surface area contributed by atoms with Gasteiger partial charge in [0.1, 0.15) is 0 Å². The number of aromatic nitrogens is 1. The molecule has 0 N–H and O–H groups in total. The highest BCUT2D eigenvalue weighted by Crippen LogP contribution is 2.41. The molecular weight excluding hydrogens is 346 g/mol. The number of rotatable bonds is 3. The molecule has 0 amide bonds. The van der Waals surface area contributed by atoms with E-state index >= 15 is 0 Å². The number of hydrogen-bond acceptors (Lipinski definition) is 2. The average molecular weight is 367 g/mol. The average Bonchev–Trinajstić information content (AvgIpc) is 3.13. The van der Waals surface area contributed by atoms with Gasteiger partial charge in [-0.1, -0.05) is 66.7 Å². The van der Waals surface area contributed by atoms with Crippen molar-refractivity contribution >= 4 is 16.7 Å². The third kappa shape index (κ3) is 2.55. The molecule has 1 aliphatic heterocycles. The van der Waals surface area contributed by atoms with E-state index in [-0.39, 0.29) is 5.97 Å². The van der Waals surface area contributed by atoms with Gasteiger partial charge >= 0.3 is 5.97 Å². The molecular formula is C25H21NO2. The number of benzene rings is 3. The molecule has 1 aromatic heterocycles. The van der Waals surface area contributed by atoms with Crippen molar-refractivity contribution in [3.05, 3.63) is 84.1 Å². The lowest BCUT2D eigenvalue weighted by molar-refractivity contribution is 0.0528. The van der Waals surface area contributed by atoms with Crippen molar-refractivity contribution in [3.63, 3.8) is 0 Å². The van der Waals surface area contributed by atoms with Crippen LogP contribution in [0.25, 0.3) is 33.2 Å². The Hall–Kier alpha value is -3.33. The summed E-state index contributed by atoms with van der Waals surface area (Å²) in [6, 6.07) is 22.9. The second-order valence-corrected chi connectivity index (χ2v) is 7.11. The molecule has 138 valence electrons. The van der Waals surface area contributed by atoms with Gasteiger partial charge in [-0.2, -0.15) is 0 Å². The highest BCUT2D eigenvalue weighted by molar-refractivity contribution is 6.08. The van der Waals surface area contributed by atoms with Crippen LogP contribution in [0.2, 0.25) is 0 Å². The molecule has 0 aliphatic carbocycles. The fourth-order valence-electron chi connectivity index (χ4n) is 4.31. The van der Waals surface area contributed by atoms with Crippen molar-refractivity contribution in [3.8, 4) is 22.4 Å². The van der Waals surface area contributed by atoms with Gasteiger partial charge in [0.05, 0.1) is 17.9 Å². The quantitative estimate of drug-likeness (QED) is 0.434. The highest BCUT2D eigenvalue weighted by Gasteiger charge is 2.28. The van der Waals surface area contributed by atoms with Gasteiger partial charge in [-0.05, 0) is 35.2 Å². The van der Waals surface area contributed by atoms with E-state index in [1.54, 1.807) is 0 Å². The molecule has 0 spiro atoms. The smallest absolute Gasteiger partial charge is 0.340 e. The molecule has 28 heavy (non-hydrogen) atoms. The van der Waals surface area contributed by atoms with Crippen LogP contribution in [0.1, 0.15) is 22.8 Å². The van der Waals surface area contributed by atoms with Crippen molar-refractivity contribution in [1.29, 1.82) is 0 Å². The van der Waals surface area contributed by atoms with Crippen LogP contribution in [0.15, 0.2) is 72.9 Å². The normalized spacial score (nSPS) is 12.5. The van der Waals surface area contributed by atoms with Crippen molar-refractivity contribution in [2.45, 2.75) is 19.9 Å². The molecule has 0 unspecified atom stereocenters. The van der Waals surface area contributed by atoms with Gasteiger partial charge in [0, 0.05) is 23.9 Å². The van der Waals surface area contributed by atoms with E-state index in [0.717, 1.165) is 40.7 Å². The van der Waals surface area contributed by atoms with Crippen LogP contribution in [-0.2, 0) is 17.7 Å². The maximum Gasteiger partial charge on any atom is 0.340 e. The number of esters is 1. The van der Waals surface area contributed by atoms with E-state index < -0.39 is 0 Å². The van der Waals surface area contributed by atoms with Crippen LogP contribution in [-0.4, -0.2) is 17.1 Å². The standard InChI is InChI=1S/C25H21NO2/c1-2-28-25(27)23-22(21-13-7-10-17-8-3-5-11-19(17)21)16-26-15-14-18-9-4-6-12-20(18)24(23)26/h3-13,16H,2,14-15H2,1H3. The van der Waals surface area contributed by atoms with Crippen molar-refractivity contribution in [2.75, 3.05) is 6.61 Å². The highest BCUT2D eigenvalue weighted by atomic mass is 16.5. The van der Waals surface area contributed by atoms with Gasteiger partial charge < -0.3 is 9.30 Å². The SMILES string of the molecule is CCOC(=O)c1c(-c2cccc3ccccc23)cn2c1-c1ccccc1CC2. The molecule has 0 bridgehead atoms. The van der Waals surface area contributed by atoms with E-state index in [1.165, 1.54) is 10.9 Å². The molecule has 0 atom stereocenters. The van der Waals surface area contributed by atoms with Gasteiger partial charge in [0.2, 0.25) is 0 Å². The van der Waals surface area contributed by atoms with Crippen molar-refractivity contribution < 1.29 is 9.53 Å². The van der Waals surface area contributed by atoms with Gasteiger partial charge in [0.25, 0.3) is 0 Å². The Kier molecular flexibility index (Phi) is 4.01. The monoisotopic (exact) mass is 367 g/mol. The zero-order valence-corrected chi connectivity index (χ0v) is 15.8. The fraction of sp³-hybridized carbons (Fsp3) is 0.160. The molecule has 0 saturated carbocycles. The zero-order valence-electron chi connectivity index (χ0n) is 15.8. The minimum Gasteiger partial charge on any atom is -0.462 e. The Labute approximate surface area is 164 Å². The number of nitrogens with zero attached hydrogens (tertiary/aromatic N) is 1. The Morgan fingerprint density at radius 3 is 2.57 bits per heavy atom. The van der Waals surface area contributed by atoms with Crippen LogP contribution in [0.3, 0.4) is 0 Å². The second-order valence-electron chi connectivity index (χ2n) is 7.11. The summed E-state index contributed by atoms with van der Waals surface area (Å²) in [5.41, 5.74) is 6.07. The first kappa shape index (κ1) is 16.8. The first-order valence-corrected chi connectivity index (χ1v) is 9.74. The van der Waals surface area contributed by atoms with Crippen LogP contribution >= 0.6 is 0 Å². The van der Waals surface area contributed by atoms with E-state index in [2.05, 4.69) is 59.3 Å². The maximum atomic E-state index is 13.1. The Morgan fingerprint density at radius 2 is 1.68 bits per heavy atom. The van der Waals surface area contributed by atoms with Crippen LogP contribution < -0.4 is 0 Å². The lowest BCUT2D eigenvalue weighted by atomic mass is 9.93. The second kappa shape index (κ2) is 6.68. The number of fused-ring (bicyclic) bond motifs is 4. The molecule has 0 saturated heterocycles. The molecule has 5 rings (SSSR count). The molecule has 2 heterocycles. The third-order valence-corrected chi connectivity index (χ3v) is 5.53. The summed E-state index contributed by atoms with van der Waals surface area (Å²) in [7, 11) is 0. The Bertz CT molecular complexity index is 1200. The van der Waals surface area contributed by atoms with E-state index in [9.17, 15) is 4.79 Å². The molecule has 3 aromatic carbocycles. The lowest BCUT2D eigenvalue weighted by Gasteiger charge is -2.20. The molecule has 4 aromatic rings. The van der Waals surface area contributed by atoms with Crippen LogP contribution in [0.4, 0.5) is 0 Å². The molecule has 0 fully saturated rings. The lowest BCUT2D eigenvalue weighted by Crippen LogP contribution is -2.13. The summed E-state index contributed by atoms with van der Waals surface area (Å²) in [5.74, 6) is -0.254. The summed E-state index contributed by atoms with van der Waals surface area (Å²) >= 11 is 0. The molecule has 1 aliphatic rings. The zero-order chi connectivity index (χ0) is 19.1. The summed E-state index contributed by atoms with van der Waals surface area (Å²) < 4.78 is 7.70. The predicted octanol–water partition coefficient (Wildman–Crippen LogP) is 5.71. The summed E-state index contributed by atoms with van der Waals surface area (Å²) in [5, 5.41) is 2.31. The largest absolute Gasteiger partial charge is 0.462 e. The predicted molar refractivity (Wildman–Crippen MR) is 112 cm³/mol. The van der Waals surface area contributed by atoms with Gasteiger partial charge in [0.15, 0.2) is 0 Å². The van der Waals surface area contributed by atoms with Gasteiger partial charge in [-0.25, -0.2) is 4.79 Å². The summed E-state index contributed by atoms with van der Waals surface area (Å²) in [6.07, 6.45) is 3.09. The van der Waals surface area contributed by atoms with E-state index in [4.69, 9.17) is 4.74 Å². The van der Waals surface area contributed by atoms with Crippen LogP contribution in [0.5, 0.6) is 0 Å². The summed E-state index contributed by atoms with van der Waals surface area (Å²) in [6.45, 7) is 3.08. The molecule has 3 heteroatoms. The summed E-state index contributed by atoms with van der Waals surface area (Å²) in [4.78, 5) is 13.1. The number of carbonyl (C=O) groups is 1. The van der Waals surface area contributed by atoms with E-state index in [0.29, 0.717) is 12.2 Å². The Balaban J connectivity index is 1.83. The number of ether oxygens (including phenoxy) is 1. The van der Waals surface area contributed by atoms with E-state index in [1.807, 2.05) is 25.1 Å². The first-order chi connectivity index (χ1) is 13.8. The molecule has 0 radical (unpaired) electrons. The van der Waals surface area contributed by atoms with Crippen molar-refractivity contribution in [1.82, 2.24) is 4.57 Å².